The fourth-order valence-electron chi connectivity index (χ4n) is 3.21. The number of halogens is 1. The van der Waals surface area contributed by atoms with Crippen molar-refractivity contribution < 1.29 is 4.79 Å². The Morgan fingerprint density at radius 3 is 2.55 bits per heavy atom. The van der Waals surface area contributed by atoms with E-state index in [-0.39, 0.29) is 10.5 Å². The van der Waals surface area contributed by atoms with Crippen molar-refractivity contribution in [2.75, 3.05) is 17.3 Å². The highest BCUT2D eigenvalue weighted by atomic mass is 35.5. The smallest absolute Gasteiger partial charge is 0.307 e. The third-order valence-corrected chi connectivity index (χ3v) is 6.18. The lowest BCUT2D eigenvalue weighted by Crippen LogP contribution is -2.49. The normalized spacial score (nSPS) is 13.8. The van der Waals surface area contributed by atoms with Gasteiger partial charge in [-0.25, -0.2) is 15.2 Å². The van der Waals surface area contributed by atoms with Crippen molar-refractivity contribution in [3.05, 3.63) is 75.8 Å². The number of fused-ring (bicyclic) bond motifs is 1. The third-order valence-electron chi connectivity index (χ3n) is 4.99. The number of benzene rings is 2. The Bertz CT molecular complexity index is 1240. The highest BCUT2D eigenvalue weighted by Gasteiger charge is 2.29. The topological polar surface area (TPSA) is 72.9 Å². The number of hydrogen-bond donors (Lipinski definition) is 2. The van der Waals surface area contributed by atoms with E-state index < -0.39 is 6.03 Å². The lowest BCUT2D eigenvalue weighted by Gasteiger charge is -2.23. The molecule has 0 atom stereocenters. The van der Waals surface area contributed by atoms with E-state index in [9.17, 15) is 4.79 Å². The molecule has 1 aliphatic heterocycles. The van der Waals surface area contributed by atoms with Crippen molar-refractivity contribution in [2.45, 2.75) is 26.2 Å². The zero-order valence-electron chi connectivity index (χ0n) is 18.6. The van der Waals surface area contributed by atoms with Crippen LogP contribution in [-0.4, -0.2) is 34.0 Å². The van der Waals surface area contributed by atoms with E-state index in [0.29, 0.717) is 21.6 Å². The minimum absolute atomic E-state index is 0.0725. The van der Waals surface area contributed by atoms with Gasteiger partial charge in [-0.1, -0.05) is 62.7 Å². The first-order chi connectivity index (χ1) is 15.6. The molecule has 7 nitrogen and oxygen atoms in total. The summed E-state index contributed by atoms with van der Waals surface area (Å²) in [5.41, 5.74) is 6.63. The summed E-state index contributed by atoms with van der Waals surface area (Å²) in [5, 5.41) is 12.2. The molecule has 33 heavy (non-hydrogen) atoms. The van der Waals surface area contributed by atoms with Crippen LogP contribution in [0.5, 0.6) is 0 Å². The van der Waals surface area contributed by atoms with E-state index in [4.69, 9.17) is 23.8 Å². The predicted octanol–water partition coefficient (Wildman–Crippen LogP) is 5.62. The number of thiocarbonyl (C=S) groups is 1. The van der Waals surface area contributed by atoms with E-state index in [1.807, 2.05) is 35.7 Å². The second kappa shape index (κ2) is 9.09. The van der Waals surface area contributed by atoms with Crippen LogP contribution in [0.15, 0.2) is 59.0 Å². The molecular formula is C23H23ClN6OS2. The van der Waals surface area contributed by atoms with Gasteiger partial charge in [0.05, 0.1) is 11.4 Å². The van der Waals surface area contributed by atoms with Gasteiger partial charge in [-0.15, -0.1) is 21.6 Å². The van der Waals surface area contributed by atoms with Gasteiger partial charge in [-0.2, -0.15) is 0 Å². The standard InChI is InChI=1S/C23H23ClN6OS2/c1-23(2,3)18-13-33-21(25-18)26-20(32)28-30-22(31)29(4)17-11-10-15(24)12-16(17)19(27-30)14-8-6-5-7-9-14/h5-13H,1-4H3,(H2,25,26,28,32). The molecule has 0 aliphatic carbocycles. The zero-order chi connectivity index (χ0) is 23.8. The average molecular weight is 499 g/mol. The number of urea groups is 1. The predicted molar refractivity (Wildman–Crippen MR) is 139 cm³/mol. The van der Waals surface area contributed by atoms with Gasteiger partial charge < -0.3 is 5.32 Å². The van der Waals surface area contributed by atoms with Crippen LogP contribution >= 0.6 is 35.2 Å². The van der Waals surface area contributed by atoms with Crippen molar-refractivity contribution in [3.8, 4) is 0 Å². The van der Waals surface area contributed by atoms with Crippen LogP contribution in [0.1, 0.15) is 37.6 Å². The lowest BCUT2D eigenvalue weighted by molar-refractivity contribution is 0.198. The Morgan fingerprint density at radius 1 is 1.15 bits per heavy atom. The second-order valence-electron chi connectivity index (χ2n) is 8.48. The second-order valence-corrected chi connectivity index (χ2v) is 10.2. The quantitative estimate of drug-likeness (QED) is 0.458. The van der Waals surface area contributed by atoms with Crippen LogP contribution < -0.4 is 15.6 Å². The van der Waals surface area contributed by atoms with E-state index >= 15 is 0 Å². The maximum Gasteiger partial charge on any atom is 0.364 e. The minimum atomic E-state index is -0.400. The average Bonchev–Trinajstić information content (AvgIpc) is 3.22. The molecule has 0 bridgehead atoms. The number of carbonyl (C=O) groups is 1. The molecule has 4 rings (SSSR count). The first-order valence-corrected chi connectivity index (χ1v) is 11.9. The molecule has 2 amide bonds. The number of hydrazone groups is 1. The number of aromatic nitrogens is 1. The number of carbonyl (C=O) groups excluding carboxylic acids is 1. The fourth-order valence-corrected chi connectivity index (χ4v) is 4.57. The molecule has 3 aromatic rings. The molecule has 0 unspecified atom stereocenters. The lowest BCUT2D eigenvalue weighted by atomic mass is 9.93. The van der Waals surface area contributed by atoms with Gasteiger partial charge in [0.15, 0.2) is 10.2 Å². The van der Waals surface area contributed by atoms with Crippen LogP contribution in [0.4, 0.5) is 15.6 Å². The summed E-state index contributed by atoms with van der Waals surface area (Å²) < 4.78 is 0. The van der Waals surface area contributed by atoms with Crippen molar-refractivity contribution in [1.82, 2.24) is 15.5 Å². The molecule has 170 valence electrons. The summed E-state index contributed by atoms with van der Waals surface area (Å²) in [4.78, 5) is 19.3. The van der Waals surface area contributed by atoms with Crippen molar-refractivity contribution in [3.63, 3.8) is 0 Å². The van der Waals surface area contributed by atoms with E-state index in [1.165, 1.54) is 16.2 Å². The molecule has 0 radical (unpaired) electrons. The van der Waals surface area contributed by atoms with Crippen molar-refractivity contribution >= 4 is 62.8 Å². The summed E-state index contributed by atoms with van der Waals surface area (Å²) in [6.07, 6.45) is 0. The molecule has 0 spiro atoms. The molecule has 2 N–H and O–H groups in total. The van der Waals surface area contributed by atoms with Gasteiger partial charge >= 0.3 is 6.03 Å². The molecule has 2 heterocycles. The van der Waals surface area contributed by atoms with Gasteiger partial charge in [0.2, 0.25) is 0 Å². The molecule has 0 saturated carbocycles. The molecule has 10 heteroatoms. The third kappa shape index (κ3) is 5.00. The maximum atomic E-state index is 13.2. The number of hydrazine groups is 1. The summed E-state index contributed by atoms with van der Waals surface area (Å²) in [7, 11) is 1.68. The van der Waals surface area contributed by atoms with Gasteiger partial charge in [-0.05, 0) is 30.4 Å². The molecule has 1 aliphatic rings. The Morgan fingerprint density at radius 2 is 1.88 bits per heavy atom. The van der Waals surface area contributed by atoms with E-state index in [2.05, 4.69) is 41.6 Å². The van der Waals surface area contributed by atoms with Gasteiger partial charge in [0, 0.05) is 34.0 Å². The van der Waals surface area contributed by atoms with Crippen LogP contribution in [-0.2, 0) is 5.41 Å². The Hall–Kier alpha value is -3.01. The fraction of sp³-hybridized carbons (Fsp3) is 0.217. The molecule has 1 aromatic heterocycles. The SMILES string of the molecule is CN1C(=O)N(NC(=S)Nc2nc(C(C)(C)C)cs2)N=C(c2ccccc2)c2cc(Cl)ccc21. The number of anilines is 2. The van der Waals surface area contributed by atoms with Gasteiger partial charge in [-0.3, -0.25) is 4.90 Å². The Balaban J connectivity index is 1.66. The summed E-state index contributed by atoms with van der Waals surface area (Å²) in [5.74, 6) is 0. The number of hydrogen-bond acceptors (Lipinski definition) is 5. The molecule has 0 saturated heterocycles. The zero-order valence-corrected chi connectivity index (χ0v) is 21.0. The first kappa shape index (κ1) is 23.2. The van der Waals surface area contributed by atoms with Crippen LogP contribution in [0.25, 0.3) is 0 Å². The van der Waals surface area contributed by atoms with Gasteiger partial charge in [0.25, 0.3) is 0 Å². The van der Waals surface area contributed by atoms with Crippen molar-refractivity contribution in [2.24, 2.45) is 5.10 Å². The van der Waals surface area contributed by atoms with Crippen molar-refractivity contribution in [1.29, 1.82) is 0 Å². The number of rotatable bonds is 3. The van der Waals surface area contributed by atoms with Crippen LogP contribution in [0.2, 0.25) is 5.02 Å². The number of nitrogens with zero attached hydrogens (tertiary/aromatic N) is 4. The molecular weight excluding hydrogens is 476 g/mol. The van der Waals surface area contributed by atoms with E-state index in [0.717, 1.165) is 21.9 Å². The minimum Gasteiger partial charge on any atom is -0.307 e. The Kier molecular flexibility index (Phi) is 6.38. The molecule has 0 fully saturated rings. The van der Waals surface area contributed by atoms with E-state index in [1.54, 1.807) is 25.2 Å². The summed E-state index contributed by atoms with van der Waals surface area (Å²) >= 11 is 13.2. The largest absolute Gasteiger partial charge is 0.364 e. The maximum absolute atomic E-state index is 13.2. The number of nitrogens with one attached hydrogen (secondary N) is 2. The first-order valence-electron chi connectivity index (χ1n) is 10.2. The number of amides is 2. The highest BCUT2D eigenvalue weighted by molar-refractivity contribution is 7.80. The Labute approximate surface area is 207 Å². The highest BCUT2D eigenvalue weighted by Crippen LogP contribution is 2.30. The number of thiazole rings is 1. The molecule has 2 aromatic carbocycles. The van der Waals surface area contributed by atoms with Crippen LogP contribution in [0.3, 0.4) is 0 Å². The summed E-state index contributed by atoms with van der Waals surface area (Å²) in [6.45, 7) is 6.29. The monoisotopic (exact) mass is 498 g/mol. The summed E-state index contributed by atoms with van der Waals surface area (Å²) in [6, 6.07) is 14.6. The van der Waals surface area contributed by atoms with Gasteiger partial charge in [0.1, 0.15) is 5.71 Å². The van der Waals surface area contributed by atoms with Crippen LogP contribution in [0, 0.1) is 0 Å².